The number of aryl methyl sites for hydroxylation is 1. The van der Waals surface area contributed by atoms with Crippen LogP contribution in [-0.2, 0) is 28.9 Å². The zero-order chi connectivity index (χ0) is 20.1. The van der Waals surface area contributed by atoms with Crippen LogP contribution in [0.25, 0.3) is 0 Å². The van der Waals surface area contributed by atoms with Gasteiger partial charge in [0.1, 0.15) is 5.75 Å². The molecule has 1 aromatic carbocycles. The van der Waals surface area contributed by atoms with Crippen LogP contribution in [0, 0.1) is 0 Å². The second kappa shape index (κ2) is 9.22. The van der Waals surface area contributed by atoms with Gasteiger partial charge in [0.15, 0.2) is 0 Å². The number of morpholine rings is 1. The summed E-state index contributed by atoms with van der Waals surface area (Å²) in [7, 11) is 0. The molecule has 3 heterocycles. The van der Waals surface area contributed by atoms with Crippen molar-refractivity contribution in [1.82, 2.24) is 14.9 Å². The average molecular weight is 396 g/mol. The highest BCUT2D eigenvalue weighted by atomic mass is 16.5. The van der Waals surface area contributed by atoms with Crippen molar-refractivity contribution < 1.29 is 14.3 Å². The molecule has 1 amide bonds. The van der Waals surface area contributed by atoms with Gasteiger partial charge in [0.05, 0.1) is 32.1 Å². The van der Waals surface area contributed by atoms with Crippen molar-refractivity contribution in [2.45, 2.75) is 32.7 Å². The molecule has 154 valence electrons. The van der Waals surface area contributed by atoms with Gasteiger partial charge in [-0.3, -0.25) is 4.79 Å². The van der Waals surface area contributed by atoms with Crippen molar-refractivity contribution in [1.29, 1.82) is 0 Å². The largest absolute Gasteiger partial charge is 0.494 e. The van der Waals surface area contributed by atoms with E-state index < -0.39 is 0 Å². The van der Waals surface area contributed by atoms with Crippen LogP contribution in [0.2, 0.25) is 0 Å². The van der Waals surface area contributed by atoms with Gasteiger partial charge >= 0.3 is 0 Å². The SMILES string of the molecule is CCOc1ccccc1CCC(=O)N1CCc2cnc(N3CCOCC3)nc2C1. The first-order valence-corrected chi connectivity index (χ1v) is 10.4. The van der Waals surface area contributed by atoms with Gasteiger partial charge in [-0.25, -0.2) is 9.97 Å². The van der Waals surface area contributed by atoms with E-state index in [0.717, 1.165) is 54.6 Å². The van der Waals surface area contributed by atoms with Crippen LogP contribution in [0.15, 0.2) is 30.5 Å². The van der Waals surface area contributed by atoms with Crippen LogP contribution >= 0.6 is 0 Å². The normalized spacial score (nSPS) is 16.4. The number of para-hydroxylation sites is 1. The Morgan fingerprint density at radius 2 is 2.03 bits per heavy atom. The second-order valence-electron chi connectivity index (χ2n) is 7.35. The van der Waals surface area contributed by atoms with Gasteiger partial charge in [0, 0.05) is 32.3 Å². The highest BCUT2D eigenvalue weighted by molar-refractivity contribution is 5.76. The number of fused-ring (bicyclic) bond motifs is 1. The fraction of sp³-hybridized carbons (Fsp3) is 0.500. The summed E-state index contributed by atoms with van der Waals surface area (Å²) in [5.41, 5.74) is 3.19. The molecule has 29 heavy (non-hydrogen) atoms. The molecule has 0 radical (unpaired) electrons. The Labute approximate surface area is 171 Å². The molecule has 0 spiro atoms. The Balaban J connectivity index is 1.39. The summed E-state index contributed by atoms with van der Waals surface area (Å²) in [5.74, 6) is 1.77. The third kappa shape index (κ3) is 4.67. The van der Waals surface area contributed by atoms with Crippen molar-refractivity contribution in [2.75, 3.05) is 44.4 Å². The summed E-state index contributed by atoms with van der Waals surface area (Å²) >= 11 is 0. The van der Waals surface area contributed by atoms with E-state index in [2.05, 4.69) is 9.88 Å². The molecular formula is C22H28N4O3. The van der Waals surface area contributed by atoms with Crippen LogP contribution in [0.1, 0.15) is 30.2 Å². The molecule has 4 rings (SSSR count). The van der Waals surface area contributed by atoms with Gasteiger partial charge in [-0.1, -0.05) is 18.2 Å². The summed E-state index contributed by atoms with van der Waals surface area (Å²) in [6.07, 6.45) is 3.88. The molecule has 2 aliphatic rings. The molecule has 7 nitrogen and oxygen atoms in total. The van der Waals surface area contributed by atoms with Gasteiger partial charge in [0.2, 0.25) is 11.9 Å². The Morgan fingerprint density at radius 3 is 2.86 bits per heavy atom. The van der Waals surface area contributed by atoms with E-state index in [1.165, 1.54) is 0 Å². The maximum atomic E-state index is 12.9. The monoisotopic (exact) mass is 396 g/mol. The Bertz CT molecular complexity index is 852. The number of benzene rings is 1. The smallest absolute Gasteiger partial charge is 0.225 e. The predicted octanol–water partition coefficient (Wildman–Crippen LogP) is 2.23. The Hall–Kier alpha value is -2.67. The van der Waals surface area contributed by atoms with Crippen LogP contribution < -0.4 is 9.64 Å². The number of rotatable bonds is 6. The molecule has 1 saturated heterocycles. The zero-order valence-corrected chi connectivity index (χ0v) is 17.0. The molecule has 0 aliphatic carbocycles. The first-order valence-electron chi connectivity index (χ1n) is 10.4. The molecule has 1 aromatic heterocycles. The molecule has 7 heteroatoms. The number of ether oxygens (including phenoxy) is 2. The summed E-state index contributed by atoms with van der Waals surface area (Å²) in [6.45, 7) is 6.89. The van der Waals surface area contributed by atoms with E-state index >= 15 is 0 Å². The standard InChI is InChI=1S/C22H28N4O3/c1-2-29-20-6-4-3-5-17(20)7-8-21(27)26-10-9-18-15-23-22(24-19(18)16-26)25-11-13-28-14-12-25/h3-6,15H,2,7-14,16H2,1H3. The van der Waals surface area contributed by atoms with Crippen molar-refractivity contribution >= 4 is 11.9 Å². The van der Waals surface area contributed by atoms with E-state index in [9.17, 15) is 4.79 Å². The van der Waals surface area contributed by atoms with Crippen LogP contribution in [0.4, 0.5) is 5.95 Å². The molecule has 1 fully saturated rings. The number of anilines is 1. The summed E-state index contributed by atoms with van der Waals surface area (Å²) < 4.78 is 11.1. The van der Waals surface area contributed by atoms with Gasteiger partial charge in [-0.15, -0.1) is 0 Å². The molecule has 0 atom stereocenters. The molecule has 2 aromatic rings. The number of nitrogens with zero attached hydrogens (tertiary/aromatic N) is 4. The topological polar surface area (TPSA) is 67.8 Å². The third-order valence-corrected chi connectivity index (χ3v) is 5.46. The van der Waals surface area contributed by atoms with Gasteiger partial charge in [-0.2, -0.15) is 0 Å². The fourth-order valence-electron chi connectivity index (χ4n) is 3.83. The van der Waals surface area contributed by atoms with E-state index in [0.29, 0.717) is 39.2 Å². The minimum atomic E-state index is 0.161. The number of aromatic nitrogens is 2. The molecule has 2 aliphatic heterocycles. The Kier molecular flexibility index (Phi) is 6.24. The number of hydrogen-bond donors (Lipinski definition) is 0. The quantitative estimate of drug-likeness (QED) is 0.746. The van der Waals surface area contributed by atoms with E-state index in [4.69, 9.17) is 14.5 Å². The van der Waals surface area contributed by atoms with Gasteiger partial charge < -0.3 is 19.3 Å². The highest BCUT2D eigenvalue weighted by Gasteiger charge is 2.24. The van der Waals surface area contributed by atoms with Gasteiger partial charge in [-0.05, 0) is 37.0 Å². The zero-order valence-electron chi connectivity index (χ0n) is 17.0. The minimum Gasteiger partial charge on any atom is -0.494 e. The van der Waals surface area contributed by atoms with E-state index in [1.807, 2.05) is 42.3 Å². The number of carbonyl (C=O) groups is 1. The lowest BCUT2D eigenvalue weighted by Crippen LogP contribution is -2.39. The molecule has 0 unspecified atom stereocenters. The second-order valence-corrected chi connectivity index (χ2v) is 7.35. The first kappa shape index (κ1) is 19.6. The summed E-state index contributed by atoms with van der Waals surface area (Å²) in [5, 5.41) is 0. The minimum absolute atomic E-state index is 0.161. The van der Waals surface area contributed by atoms with Crippen LogP contribution in [0.3, 0.4) is 0 Å². The first-order chi connectivity index (χ1) is 14.2. The fourth-order valence-corrected chi connectivity index (χ4v) is 3.83. The van der Waals surface area contributed by atoms with Crippen molar-refractivity contribution in [2.24, 2.45) is 0 Å². The van der Waals surface area contributed by atoms with Gasteiger partial charge in [0.25, 0.3) is 0 Å². The third-order valence-electron chi connectivity index (χ3n) is 5.46. The maximum absolute atomic E-state index is 12.9. The summed E-state index contributed by atoms with van der Waals surface area (Å²) in [4.78, 5) is 26.2. The molecule has 0 N–H and O–H groups in total. The highest BCUT2D eigenvalue weighted by Crippen LogP contribution is 2.23. The molecular weight excluding hydrogens is 368 g/mol. The van der Waals surface area contributed by atoms with Crippen molar-refractivity contribution in [3.05, 3.63) is 47.3 Å². The van der Waals surface area contributed by atoms with Crippen molar-refractivity contribution in [3.8, 4) is 5.75 Å². The predicted molar refractivity (Wildman–Crippen MR) is 110 cm³/mol. The summed E-state index contributed by atoms with van der Waals surface area (Å²) in [6, 6.07) is 7.95. The van der Waals surface area contributed by atoms with Crippen LogP contribution in [0.5, 0.6) is 5.75 Å². The number of amides is 1. The lowest BCUT2D eigenvalue weighted by atomic mass is 10.0. The lowest BCUT2D eigenvalue weighted by molar-refractivity contribution is -0.132. The molecule has 0 bridgehead atoms. The number of carbonyl (C=O) groups excluding carboxylic acids is 1. The average Bonchev–Trinajstić information content (AvgIpc) is 2.78. The van der Waals surface area contributed by atoms with E-state index in [-0.39, 0.29) is 5.91 Å². The van der Waals surface area contributed by atoms with Crippen molar-refractivity contribution in [3.63, 3.8) is 0 Å². The molecule has 0 saturated carbocycles. The van der Waals surface area contributed by atoms with Crippen LogP contribution in [-0.4, -0.2) is 60.2 Å². The lowest BCUT2D eigenvalue weighted by Gasteiger charge is -2.31. The maximum Gasteiger partial charge on any atom is 0.225 e. The number of hydrogen-bond acceptors (Lipinski definition) is 6. The Morgan fingerprint density at radius 1 is 1.21 bits per heavy atom. The van der Waals surface area contributed by atoms with E-state index in [1.54, 1.807) is 0 Å².